The molecule has 1 nitrogen and oxygen atoms in total. The molecule has 0 fully saturated rings. The quantitative estimate of drug-likeness (QED) is 0.208. The topological polar surface area (TPSA) is 3.24 Å². The normalized spacial score (nSPS) is 12.0. The molecule has 0 bridgehead atoms. The maximum absolute atomic E-state index is 2.44. The number of nitrogens with zero attached hydrogens (tertiary/aromatic N) is 1. The number of hydrogen-bond acceptors (Lipinski definition) is 2. The number of halogens is 1. The zero-order valence-corrected chi connectivity index (χ0v) is 19.2. The molecule has 4 rings (SSSR count). The Kier molecular flexibility index (Phi) is 4.93. The van der Waals surface area contributed by atoms with Crippen LogP contribution >= 0.6 is 34.2 Å². The fraction of sp³-hybridized carbons (Fsp3) is 0.250. The molecule has 0 saturated heterocycles. The van der Waals surface area contributed by atoms with E-state index < -0.39 is 0 Å². The first kappa shape index (κ1) is 18.8. The predicted molar refractivity (Wildman–Crippen MR) is 130 cm³/mol. The van der Waals surface area contributed by atoms with Gasteiger partial charge in [0.25, 0.3) is 0 Å². The van der Waals surface area contributed by atoms with Gasteiger partial charge in [-0.3, -0.25) is 3.11 Å². The number of aryl methyl sites for hydroxylation is 1. The van der Waals surface area contributed by atoms with Crippen LogP contribution in [0.2, 0.25) is 0 Å². The second-order valence-corrected chi connectivity index (χ2v) is 9.97. The van der Waals surface area contributed by atoms with Crippen molar-refractivity contribution in [3.63, 3.8) is 0 Å². The van der Waals surface area contributed by atoms with Crippen LogP contribution in [0.15, 0.2) is 60.7 Å². The summed E-state index contributed by atoms with van der Waals surface area (Å²) in [5.41, 5.74) is 5.46. The summed E-state index contributed by atoms with van der Waals surface area (Å²) in [4.78, 5) is 0. The Morgan fingerprint density at radius 2 is 1.48 bits per heavy atom. The first-order valence-electron chi connectivity index (χ1n) is 9.39. The van der Waals surface area contributed by atoms with Crippen LogP contribution in [0.5, 0.6) is 0 Å². The molecule has 0 spiro atoms. The van der Waals surface area contributed by atoms with Gasteiger partial charge in [0.2, 0.25) is 0 Å². The van der Waals surface area contributed by atoms with Gasteiger partial charge in [-0.25, -0.2) is 0 Å². The van der Waals surface area contributed by atoms with Crippen LogP contribution in [-0.2, 0) is 11.8 Å². The molecule has 0 aliphatic carbocycles. The fourth-order valence-electron chi connectivity index (χ4n) is 3.53. The zero-order chi connectivity index (χ0) is 19.2. The minimum atomic E-state index is 0.177. The number of hydrogen-bond donors (Lipinski definition) is 0. The van der Waals surface area contributed by atoms with E-state index in [1.54, 1.807) is 0 Å². The molecular weight excluding hydrogens is 461 g/mol. The molecule has 27 heavy (non-hydrogen) atoms. The summed E-state index contributed by atoms with van der Waals surface area (Å²) in [6.07, 6.45) is 1.07. The minimum absolute atomic E-state index is 0.177. The van der Waals surface area contributed by atoms with Crippen LogP contribution in [0.1, 0.15) is 38.8 Å². The molecule has 0 aliphatic heterocycles. The first-order valence-corrected chi connectivity index (χ1v) is 11.2. The predicted octanol–water partition coefficient (Wildman–Crippen LogP) is 8.40. The highest BCUT2D eigenvalue weighted by Gasteiger charge is 2.17. The van der Waals surface area contributed by atoms with Crippen molar-refractivity contribution in [1.82, 2.24) is 0 Å². The van der Waals surface area contributed by atoms with E-state index in [0.717, 1.165) is 6.42 Å². The lowest BCUT2D eigenvalue weighted by atomic mass is 9.87. The van der Waals surface area contributed by atoms with Crippen molar-refractivity contribution in [3.8, 4) is 0 Å². The summed E-state index contributed by atoms with van der Waals surface area (Å²) in [5, 5.41) is 2.74. The zero-order valence-electron chi connectivity index (χ0n) is 16.2. The van der Waals surface area contributed by atoms with Crippen molar-refractivity contribution in [2.75, 3.05) is 3.11 Å². The smallest absolute Gasteiger partial charge is 0.0689 e. The van der Waals surface area contributed by atoms with E-state index in [2.05, 4.69) is 114 Å². The Balaban J connectivity index is 1.83. The van der Waals surface area contributed by atoms with Gasteiger partial charge >= 0.3 is 0 Å². The summed E-state index contributed by atoms with van der Waals surface area (Å²) in [6, 6.07) is 22.3. The standard InChI is InChI=1S/C24H24INS/c1-5-16-8-6-9-19-20-10-7-11-21(23(20)27-22(16)19)26(25)18-14-12-17(13-15-18)24(2,3)4/h6-15H,5H2,1-4H3. The maximum Gasteiger partial charge on any atom is 0.0689 e. The van der Waals surface area contributed by atoms with Gasteiger partial charge in [-0.1, -0.05) is 70.2 Å². The van der Waals surface area contributed by atoms with Crippen molar-refractivity contribution >= 4 is 65.7 Å². The highest BCUT2D eigenvalue weighted by molar-refractivity contribution is 14.1. The van der Waals surface area contributed by atoms with Crippen molar-refractivity contribution in [1.29, 1.82) is 0 Å². The molecule has 138 valence electrons. The van der Waals surface area contributed by atoms with Crippen molar-refractivity contribution in [2.24, 2.45) is 0 Å². The third-order valence-electron chi connectivity index (χ3n) is 5.14. The number of benzene rings is 3. The molecule has 4 aromatic rings. The molecule has 3 aromatic carbocycles. The Morgan fingerprint density at radius 1 is 0.852 bits per heavy atom. The third kappa shape index (κ3) is 3.36. The van der Waals surface area contributed by atoms with Crippen molar-refractivity contribution in [2.45, 2.75) is 39.5 Å². The molecule has 1 aromatic heterocycles. The van der Waals surface area contributed by atoms with Gasteiger partial charge in [-0.2, -0.15) is 0 Å². The molecule has 0 saturated carbocycles. The van der Waals surface area contributed by atoms with Gasteiger partial charge in [-0.15, -0.1) is 11.3 Å². The van der Waals surface area contributed by atoms with Crippen LogP contribution in [-0.4, -0.2) is 0 Å². The molecule has 0 atom stereocenters. The van der Waals surface area contributed by atoms with Crippen LogP contribution in [0.25, 0.3) is 20.2 Å². The monoisotopic (exact) mass is 485 g/mol. The molecular formula is C24H24INS. The van der Waals surface area contributed by atoms with Crippen LogP contribution in [0.3, 0.4) is 0 Å². The van der Waals surface area contributed by atoms with E-state index >= 15 is 0 Å². The Morgan fingerprint density at radius 3 is 2.11 bits per heavy atom. The van der Waals surface area contributed by atoms with E-state index in [0.29, 0.717) is 0 Å². The Labute approximate surface area is 179 Å². The summed E-state index contributed by atoms with van der Waals surface area (Å²) in [7, 11) is 0. The van der Waals surface area contributed by atoms with Gasteiger partial charge < -0.3 is 0 Å². The minimum Gasteiger partial charge on any atom is -0.282 e. The Hall–Kier alpha value is -1.59. The van der Waals surface area contributed by atoms with Crippen molar-refractivity contribution < 1.29 is 0 Å². The van der Waals surface area contributed by atoms with Crippen molar-refractivity contribution in [3.05, 3.63) is 71.8 Å². The summed E-state index contributed by atoms with van der Waals surface area (Å²) >= 11 is 4.36. The first-order chi connectivity index (χ1) is 12.9. The van der Waals surface area contributed by atoms with Gasteiger partial charge in [-0.05, 0) is 41.2 Å². The maximum atomic E-state index is 2.44. The second kappa shape index (κ2) is 7.10. The molecule has 0 unspecified atom stereocenters. The van der Waals surface area contributed by atoms with Gasteiger partial charge in [0.15, 0.2) is 0 Å². The number of thiophene rings is 1. The lowest BCUT2D eigenvalue weighted by molar-refractivity contribution is 0.590. The highest BCUT2D eigenvalue weighted by atomic mass is 127. The van der Waals surface area contributed by atoms with Crippen LogP contribution < -0.4 is 3.11 Å². The molecule has 3 heteroatoms. The molecule has 0 amide bonds. The highest BCUT2D eigenvalue weighted by Crippen LogP contribution is 2.44. The van der Waals surface area contributed by atoms with E-state index in [9.17, 15) is 0 Å². The molecule has 0 N–H and O–H groups in total. The number of anilines is 2. The average Bonchev–Trinajstić information content (AvgIpc) is 3.05. The summed E-state index contributed by atoms with van der Waals surface area (Å²) in [5.74, 6) is 0. The lowest BCUT2D eigenvalue weighted by Crippen LogP contribution is -2.11. The summed E-state index contributed by atoms with van der Waals surface area (Å²) in [6.45, 7) is 9.01. The fourth-order valence-corrected chi connectivity index (χ4v) is 5.80. The molecule has 0 radical (unpaired) electrons. The van der Waals surface area contributed by atoms with E-state index in [4.69, 9.17) is 0 Å². The van der Waals surface area contributed by atoms with E-state index in [1.165, 1.54) is 42.7 Å². The van der Waals surface area contributed by atoms with Gasteiger partial charge in [0, 0.05) is 15.5 Å². The van der Waals surface area contributed by atoms with Crippen LogP contribution in [0.4, 0.5) is 11.4 Å². The van der Waals surface area contributed by atoms with Crippen LogP contribution in [0, 0.1) is 0 Å². The average molecular weight is 485 g/mol. The van der Waals surface area contributed by atoms with Gasteiger partial charge in [0.1, 0.15) is 0 Å². The third-order valence-corrected chi connectivity index (χ3v) is 7.53. The lowest BCUT2D eigenvalue weighted by Gasteiger charge is -2.22. The molecule has 0 aliphatic rings. The number of rotatable bonds is 3. The number of fused-ring (bicyclic) bond motifs is 3. The second-order valence-electron chi connectivity index (χ2n) is 7.98. The molecule has 1 heterocycles. The SMILES string of the molecule is CCc1cccc2c1sc1c(N(I)c3ccc(C(C)(C)C)cc3)cccc12. The Bertz CT molecular complexity index is 1100. The van der Waals surface area contributed by atoms with E-state index in [-0.39, 0.29) is 5.41 Å². The van der Waals surface area contributed by atoms with Gasteiger partial charge in [0.05, 0.1) is 38.9 Å². The largest absolute Gasteiger partial charge is 0.282 e. The van der Waals surface area contributed by atoms with E-state index in [1.807, 2.05) is 11.3 Å². The summed E-state index contributed by atoms with van der Waals surface area (Å²) < 4.78 is 5.08.